The molecule has 38 heavy (non-hydrogen) atoms. The Balaban J connectivity index is 1.45. The number of pyridine rings is 1. The normalized spacial score (nSPS) is 16.6. The molecule has 1 saturated carbocycles. The number of carbonyl (C=O) groups excluding carboxylic acids is 1. The highest BCUT2D eigenvalue weighted by Crippen LogP contribution is 2.40. The van der Waals surface area contributed by atoms with Gasteiger partial charge in [0, 0.05) is 23.9 Å². The molecule has 9 nitrogen and oxygen atoms in total. The average Bonchev–Trinajstić information content (AvgIpc) is 3.61. The van der Waals surface area contributed by atoms with E-state index in [4.69, 9.17) is 20.8 Å². The SMILES string of the molecule is CC1(C)C(N)=Nc2nc(-c3nn(Cc4ccccc4F)c4ncccc34)nc(C(=O)NCC3CCCC3)c21. The number of nitrogens with one attached hydrogen (secondary N) is 1. The van der Waals surface area contributed by atoms with Gasteiger partial charge in [0.2, 0.25) is 0 Å². The molecule has 6 rings (SSSR count). The standard InChI is InChI=1S/C28H29FN8O/c1-28(2)20-22(26(38)32-14-16-8-3-4-9-16)33-24(34-23(20)35-27(28)30)21-18-11-7-13-31-25(18)37(36-21)15-17-10-5-6-12-19(17)29/h5-7,10-13,16H,3-4,8-9,14-15H2,1-2H3,(H,32,38)(H2,30,33,34,35). The molecule has 10 heteroatoms. The van der Waals surface area contributed by atoms with E-state index in [0.29, 0.717) is 52.0 Å². The Morgan fingerprint density at radius 3 is 2.74 bits per heavy atom. The molecular formula is C28H29FN8O. The van der Waals surface area contributed by atoms with Crippen LogP contribution in [0.1, 0.15) is 61.1 Å². The molecular weight excluding hydrogens is 483 g/mol. The number of rotatable bonds is 6. The fourth-order valence-corrected chi connectivity index (χ4v) is 5.37. The summed E-state index contributed by atoms with van der Waals surface area (Å²) in [7, 11) is 0. The Kier molecular flexibility index (Phi) is 5.89. The first-order chi connectivity index (χ1) is 18.3. The molecule has 0 bridgehead atoms. The van der Waals surface area contributed by atoms with Crippen molar-refractivity contribution in [3.05, 3.63) is 65.2 Å². The Morgan fingerprint density at radius 2 is 1.95 bits per heavy atom. The van der Waals surface area contributed by atoms with E-state index in [0.717, 1.165) is 12.8 Å². The molecule has 3 N–H and O–H groups in total. The van der Waals surface area contributed by atoms with Crippen LogP contribution in [0, 0.1) is 11.7 Å². The number of hydrogen-bond donors (Lipinski definition) is 2. The van der Waals surface area contributed by atoms with Gasteiger partial charge < -0.3 is 11.1 Å². The molecule has 1 fully saturated rings. The van der Waals surface area contributed by atoms with Gasteiger partial charge in [-0.1, -0.05) is 31.0 Å². The molecule has 3 aromatic heterocycles. The average molecular weight is 513 g/mol. The molecule has 0 saturated heterocycles. The summed E-state index contributed by atoms with van der Waals surface area (Å²) >= 11 is 0. The maximum absolute atomic E-state index is 14.4. The highest BCUT2D eigenvalue weighted by Gasteiger charge is 2.40. The molecule has 0 unspecified atom stereocenters. The maximum atomic E-state index is 14.4. The largest absolute Gasteiger partial charge is 0.386 e. The third-order valence-corrected chi connectivity index (χ3v) is 7.62. The van der Waals surface area contributed by atoms with Crippen molar-refractivity contribution in [2.24, 2.45) is 16.6 Å². The summed E-state index contributed by atoms with van der Waals surface area (Å²) in [5.74, 6) is 0.865. The third-order valence-electron chi connectivity index (χ3n) is 7.62. The Hall–Kier alpha value is -4.21. The Labute approximate surface area is 219 Å². The van der Waals surface area contributed by atoms with E-state index in [-0.39, 0.29) is 29.8 Å². The van der Waals surface area contributed by atoms with E-state index < -0.39 is 5.41 Å². The summed E-state index contributed by atoms with van der Waals surface area (Å²) in [6.07, 6.45) is 6.29. The van der Waals surface area contributed by atoms with Crippen molar-refractivity contribution >= 4 is 28.6 Å². The van der Waals surface area contributed by atoms with Crippen LogP contribution in [0.15, 0.2) is 47.6 Å². The van der Waals surface area contributed by atoms with Crippen LogP contribution in [0.2, 0.25) is 0 Å². The fourth-order valence-electron chi connectivity index (χ4n) is 5.37. The number of nitrogens with zero attached hydrogens (tertiary/aromatic N) is 6. The number of amidine groups is 1. The summed E-state index contributed by atoms with van der Waals surface area (Å²) in [5.41, 5.74) is 7.92. The minimum Gasteiger partial charge on any atom is -0.386 e. The van der Waals surface area contributed by atoms with Crippen molar-refractivity contribution in [1.82, 2.24) is 30.0 Å². The second kappa shape index (κ2) is 9.27. The second-order valence-corrected chi connectivity index (χ2v) is 10.5. The van der Waals surface area contributed by atoms with Crippen molar-refractivity contribution in [3.63, 3.8) is 0 Å². The second-order valence-electron chi connectivity index (χ2n) is 10.5. The fraction of sp³-hybridized carbons (Fsp3) is 0.357. The van der Waals surface area contributed by atoms with Gasteiger partial charge in [0.15, 0.2) is 17.3 Å². The lowest BCUT2D eigenvalue weighted by Gasteiger charge is -2.21. The first-order valence-electron chi connectivity index (χ1n) is 12.9. The molecule has 1 aromatic carbocycles. The lowest BCUT2D eigenvalue weighted by atomic mass is 9.84. The number of aliphatic imine (C=N–C) groups is 1. The number of aromatic nitrogens is 5. The van der Waals surface area contributed by atoms with Crippen LogP contribution in [0.4, 0.5) is 10.2 Å². The summed E-state index contributed by atoms with van der Waals surface area (Å²) < 4.78 is 16.1. The molecule has 4 aromatic rings. The molecule has 1 amide bonds. The predicted octanol–water partition coefficient (Wildman–Crippen LogP) is 4.28. The van der Waals surface area contributed by atoms with Gasteiger partial charge in [0.05, 0.1) is 17.3 Å². The summed E-state index contributed by atoms with van der Waals surface area (Å²) in [6, 6.07) is 10.2. The Morgan fingerprint density at radius 1 is 1.16 bits per heavy atom. The van der Waals surface area contributed by atoms with E-state index >= 15 is 0 Å². The monoisotopic (exact) mass is 512 g/mol. The molecule has 4 heterocycles. The van der Waals surface area contributed by atoms with Crippen LogP contribution in [0.25, 0.3) is 22.6 Å². The van der Waals surface area contributed by atoms with Gasteiger partial charge in [0.25, 0.3) is 5.91 Å². The van der Waals surface area contributed by atoms with Crippen LogP contribution in [-0.4, -0.2) is 43.0 Å². The van der Waals surface area contributed by atoms with E-state index in [2.05, 4.69) is 15.3 Å². The first-order valence-corrected chi connectivity index (χ1v) is 12.9. The van der Waals surface area contributed by atoms with Crippen molar-refractivity contribution in [2.45, 2.75) is 51.5 Å². The van der Waals surface area contributed by atoms with Gasteiger partial charge in [0.1, 0.15) is 23.0 Å². The third kappa shape index (κ3) is 4.09. The minimum absolute atomic E-state index is 0.179. The molecule has 1 aliphatic heterocycles. The number of benzene rings is 1. The first kappa shape index (κ1) is 24.1. The molecule has 0 radical (unpaired) electrons. The van der Waals surface area contributed by atoms with Gasteiger partial charge in [-0.25, -0.2) is 29.0 Å². The number of fused-ring (bicyclic) bond motifs is 2. The van der Waals surface area contributed by atoms with Gasteiger partial charge >= 0.3 is 0 Å². The summed E-state index contributed by atoms with van der Waals surface area (Å²) in [6.45, 7) is 4.61. The molecule has 1 aliphatic carbocycles. The van der Waals surface area contributed by atoms with Crippen LogP contribution >= 0.6 is 0 Å². The van der Waals surface area contributed by atoms with Gasteiger partial charge in [-0.3, -0.25) is 4.79 Å². The number of carbonyl (C=O) groups is 1. The molecule has 194 valence electrons. The van der Waals surface area contributed by atoms with Crippen molar-refractivity contribution in [2.75, 3.05) is 6.54 Å². The lowest BCUT2D eigenvalue weighted by molar-refractivity contribution is 0.0940. The highest BCUT2D eigenvalue weighted by atomic mass is 19.1. The summed E-state index contributed by atoms with van der Waals surface area (Å²) in [4.78, 5) is 32.0. The van der Waals surface area contributed by atoms with Crippen LogP contribution < -0.4 is 11.1 Å². The predicted molar refractivity (Wildman–Crippen MR) is 143 cm³/mol. The van der Waals surface area contributed by atoms with E-state index in [9.17, 15) is 9.18 Å². The van der Waals surface area contributed by atoms with Crippen molar-refractivity contribution in [3.8, 4) is 11.5 Å². The zero-order valence-electron chi connectivity index (χ0n) is 21.4. The zero-order valence-corrected chi connectivity index (χ0v) is 21.4. The van der Waals surface area contributed by atoms with Gasteiger partial charge in [-0.05, 0) is 50.8 Å². The van der Waals surface area contributed by atoms with Crippen LogP contribution in [0.3, 0.4) is 0 Å². The zero-order chi connectivity index (χ0) is 26.4. The van der Waals surface area contributed by atoms with Gasteiger partial charge in [-0.15, -0.1) is 0 Å². The number of amides is 1. The molecule has 2 aliphatic rings. The smallest absolute Gasteiger partial charge is 0.270 e. The highest BCUT2D eigenvalue weighted by molar-refractivity contribution is 6.04. The number of hydrogen-bond acceptors (Lipinski definition) is 7. The molecule has 0 atom stereocenters. The van der Waals surface area contributed by atoms with E-state index in [1.165, 1.54) is 18.9 Å². The van der Waals surface area contributed by atoms with Gasteiger partial charge in [-0.2, -0.15) is 5.10 Å². The molecule has 0 spiro atoms. The van der Waals surface area contributed by atoms with E-state index in [1.54, 1.807) is 35.1 Å². The topological polar surface area (TPSA) is 124 Å². The van der Waals surface area contributed by atoms with Crippen LogP contribution in [-0.2, 0) is 12.0 Å². The number of nitrogens with two attached hydrogens (primary N) is 1. The minimum atomic E-state index is -0.693. The van der Waals surface area contributed by atoms with Crippen molar-refractivity contribution < 1.29 is 9.18 Å². The Bertz CT molecular complexity index is 1590. The van der Waals surface area contributed by atoms with E-state index in [1.807, 2.05) is 19.9 Å². The lowest BCUT2D eigenvalue weighted by Crippen LogP contribution is -2.36. The van der Waals surface area contributed by atoms with Crippen LogP contribution in [0.5, 0.6) is 0 Å². The maximum Gasteiger partial charge on any atom is 0.270 e. The number of halogens is 1. The quantitative estimate of drug-likeness (QED) is 0.398. The summed E-state index contributed by atoms with van der Waals surface area (Å²) in [5, 5.41) is 8.51. The van der Waals surface area contributed by atoms with Crippen molar-refractivity contribution in [1.29, 1.82) is 0 Å².